The van der Waals surface area contributed by atoms with Gasteiger partial charge < -0.3 is 10.6 Å². The van der Waals surface area contributed by atoms with E-state index in [1.807, 2.05) is 17.8 Å². The van der Waals surface area contributed by atoms with Gasteiger partial charge in [-0.1, -0.05) is 37.3 Å². The van der Waals surface area contributed by atoms with Crippen molar-refractivity contribution < 1.29 is 4.79 Å². The molecule has 3 atom stereocenters. The number of hydrogen-bond donors (Lipinski definition) is 1. The van der Waals surface area contributed by atoms with E-state index in [0.717, 1.165) is 12.3 Å². The third kappa shape index (κ3) is 3.43. The average Bonchev–Trinajstić information content (AvgIpc) is 3.32. The summed E-state index contributed by atoms with van der Waals surface area (Å²) >= 11 is 1.95. The van der Waals surface area contributed by atoms with Crippen LogP contribution in [0.2, 0.25) is 0 Å². The predicted molar refractivity (Wildman–Crippen MR) is 88.1 cm³/mol. The van der Waals surface area contributed by atoms with E-state index in [1.165, 1.54) is 18.4 Å². The maximum Gasteiger partial charge on any atom is 0.224 e. The zero-order valence-corrected chi connectivity index (χ0v) is 13.4. The van der Waals surface area contributed by atoms with E-state index in [2.05, 4.69) is 36.1 Å². The minimum Gasteiger partial charge on any atom is -0.334 e. The SMILES string of the molecule is CC1SCCN(C(=O)CC(N)C2CC2)C1c1ccccc1. The van der Waals surface area contributed by atoms with E-state index >= 15 is 0 Å². The zero-order valence-electron chi connectivity index (χ0n) is 12.6. The van der Waals surface area contributed by atoms with Crippen molar-refractivity contribution in [2.24, 2.45) is 11.7 Å². The van der Waals surface area contributed by atoms with Gasteiger partial charge in [-0.15, -0.1) is 0 Å². The Morgan fingerprint density at radius 3 is 2.76 bits per heavy atom. The van der Waals surface area contributed by atoms with Gasteiger partial charge in [0.25, 0.3) is 0 Å². The van der Waals surface area contributed by atoms with E-state index in [4.69, 9.17) is 5.73 Å². The second-order valence-electron chi connectivity index (χ2n) is 6.22. The smallest absolute Gasteiger partial charge is 0.224 e. The number of carbonyl (C=O) groups excluding carboxylic acids is 1. The fourth-order valence-electron chi connectivity index (χ4n) is 3.21. The molecule has 2 aliphatic rings. The molecular weight excluding hydrogens is 280 g/mol. The number of benzene rings is 1. The summed E-state index contributed by atoms with van der Waals surface area (Å²) in [7, 11) is 0. The topological polar surface area (TPSA) is 46.3 Å². The van der Waals surface area contributed by atoms with Gasteiger partial charge in [0.15, 0.2) is 0 Å². The molecule has 1 aromatic rings. The van der Waals surface area contributed by atoms with Gasteiger partial charge in [-0.2, -0.15) is 11.8 Å². The lowest BCUT2D eigenvalue weighted by Gasteiger charge is -2.40. The van der Waals surface area contributed by atoms with Crippen LogP contribution in [0.15, 0.2) is 30.3 Å². The lowest BCUT2D eigenvalue weighted by molar-refractivity contribution is -0.134. The van der Waals surface area contributed by atoms with Crippen LogP contribution in [0.4, 0.5) is 0 Å². The molecule has 3 nitrogen and oxygen atoms in total. The first kappa shape index (κ1) is 14.9. The molecule has 21 heavy (non-hydrogen) atoms. The van der Waals surface area contributed by atoms with Crippen LogP contribution in [0.3, 0.4) is 0 Å². The Labute approximate surface area is 131 Å². The lowest BCUT2D eigenvalue weighted by Crippen LogP contribution is -2.45. The lowest BCUT2D eigenvalue weighted by atomic mass is 10.0. The number of hydrogen-bond acceptors (Lipinski definition) is 3. The number of rotatable bonds is 4. The third-order valence-electron chi connectivity index (χ3n) is 4.59. The van der Waals surface area contributed by atoms with Crippen molar-refractivity contribution in [1.29, 1.82) is 0 Å². The normalized spacial score (nSPS) is 27.4. The highest BCUT2D eigenvalue weighted by Crippen LogP contribution is 2.37. The quantitative estimate of drug-likeness (QED) is 0.930. The van der Waals surface area contributed by atoms with Gasteiger partial charge in [-0.05, 0) is 24.3 Å². The zero-order chi connectivity index (χ0) is 14.8. The van der Waals surface area contributed by atoms with Crippen LogP contribution >= 0.6 is 11.8 Å². The summed E-state index contributed by atoms with van der Waals surface area (Å²) in [6.45, 7) is 3.06. The molecule has 1 heterocycles. The van der Waals surface area contributed by atoms with Crippen molar-refractivity contribution in [3.05, 3.63) is 35.9 Å². The summed E-state index contributed by atoms with van der Waals surface area (Å²) in [6.07, 6.45) is 2.90. The van der Waals surface area contributed by atoms with Crippen molar-refractivity contribution in [3.8, 4) is 0 Å². The maximum atomic E-state index is 12.7. The highest BCUT2D eigenvalue weighted by atomic mass is 32.2. The van der Waals surface area contributed by atoms with E-state index < -0.39 is 0 Å². The molecule has 2 fully saturated rings. The molecule has 0 spiro atoms. The molecule has 2 N–H and O–H groups in total. The molecular formula is C17H24N2OS. The van der Waals surface area contributed by atoms with Crippen LogP contribution in [-0.4, -0.2) is 34.4 Å². The summed E-state index contributed by atoms with van der Waals surface area (Å²) in [6, 6.07) is 10.6. The van der Waals surface area contributed by atoms with E-state index in [0.29, 0.717) is 17.6 Å². The summed E-state index contributed by atoms with van der Waals surface area (Å²) in [5, 5.41) is 0.433. The standard InChI is InChI=1S/C17H24N2OS/c1-12-17(14-5-3-2-4-6-14)19(9-10-21-12)16(20)11-15(18)13-7-8-13/h2-6,12-13,15,17H,7-11,18H2,1H3. The molecule has 1 aliphatic heterocycles. The Bertz CT molecular complexity index is 489. The van der Waals surface area contributed by atoms with E-state index in [-0.39, 0.29) is 18.0 Å². The van der Waals surface area contributed by atoms with Crippen molar-refractivity contribution in [2.75, 3.05) is 12.3 Å². The summed E-state index contributed by atoms with van der Waals surface area (Å²) in [5.74, 6) is 1.84. The highest BCUT2D eigenvalue weighted by Gasteiger charge is 2.36. The van der Waals surface area contributed by atoms with Crippen LogP contribution in [0.1, 0.15) is 37.8 Å². The second kappa shape index (κ2) is 6.41. The first-order valence-corrected chi connectivity index (χ1v) is 8.93. The molecule has 1 saturated heterocycles. The molecule has 3 rings (SSSR count). The second-order valence-corrected chi connectivity index (χ2v) is 7.71. The van der Waals surface area contributed by atoms with Gasteiger partial charge in [0.05, 0.1) is 6.04 Å². The van der Waals surface area contributed by atoms with Gasteiger partial charge >= 0.3 is 0 Å². The van der Waals surface area contributed by atoms with Crippen LogP contribution in [-0.2, 0) is 4.79 Å². The highest BCUT2D eigenvalue weighted by molar-refractivity contribution is 8.00. The maximum absolute atomic E-state index is 12.7. The molecule has 1 aliphatic carbocycles. The third-order valence-corrected chi connectivity index (χ3v) is 5.79. The van der Waals surface area contributed by atoms with E-state index in [1.54, 1.807) is 0 Å². The van der Waals surface area contributed by atoms with Crippen LogP contribution < -0.4 is 5.73 Å². The van der Waals surface area contributed by atoms with Gasteiger partial charge in [0, 0.05) is 30.0 Å². The van der Waals surface area contributed by atoms with Crippen LogP contribution in [0.25, 0.3) is 0 Å². The average molecular weight is 304 g/mol. The molecule has 0 radical (unpaired) electrons. The van der Waals surface area contributed by atoms with Gasteiger partial charge in [0.1, 0.15) is 0 Å². The van der Waals surface area contributed by atoms with Crippen LogP contribution in [0.5, 0.6) is 0 Å². The van der Waals surface area contributed by atoms with Crippen molar-refractivity contribution in [2.45, 2.75) is 43.5 Å². The fourth-order valence-corrected chi connectivity index (χ4v) is 4.37. The van der Waals surface area contributed by atoms with Crippen molar-refractivity contribution in [3.63, 3.8) is 0 Å². The Kier molecular flexibility index (Phi) is 4.55. The molecule has 1 amide bonds. The van der Waals surface area contributed by atoms with Gasteiger partial charge in [-0.3, -0.25) is 4.79 Å². The predicted octanol–water partition coefficient (Wildman–Crippen LogP) is 2.82. The van der Waals surface area contributed by atoms with Crippen LogP contribution in [0, 0.1) is 5.92 Å². The van der Waals surface area contributed by atoms with Crippen molar-refractivity contribution in [1.82, 2.24) is 4.90 Å². The Morgan fingerprint density at radius 2 is 2.10 bits per heavy atom. The number of nitrogens with zero attached hydrogens (tertiary/aromatic N) is 1. The fraction of sp³-hybridized carbons (Fsp3) is 0.588. The number of amides is 1. The van der Waals surface area contributed by atoms with Gasteiger partial charge in [-0.25, -0.2) is 0 Å². The molecule has 3 unspecified atom stereocenters. The van der Waals surface area contributed by atoms with E-state index in [9.17, 15) is 4.79 Å². The Balaban J connectivity index is 1.75. The number of nitrogens with two attached hydrogens (primary N) is 1. The molecule has 0 bridgehead atoms. The largest absolute Gasteiger partial charge is 0.334 e. The summed E-state index contributed by atoms with van der Waals surface area (Å²) in [4.78, 5) is 14.8. The monoisotopic (exact) mass is 304 g/mol. The molecule has 1 saturated carbocycles. The molecule has 0 aromatic heterocycles. The Hall–Kier alpha value is -1.00. The summed E-state index contributed by atoms with van der Waals surface area (Å²) < 4.78 is 0. The minimum absolute atomic E-state index is 0.0545. The summed E-state index contributed by atoms with van der Waals surface area (Å²) in [5.41, 5.74) is 7.39. The number of carbonyl (C=O) groups is 1. The Morgan fingerprint density at radius 1 is 1.38 bits per heavy atom. The minimum atomic E-state index is 0.0545. The first-order chi connectivity index (χ1) is 10.2. The number of thioether (sulfide) groups is 1. The molecule has 4 heteroatoms. The molecule has 1 aromatic carbocycles. The molecule has 114 valence electrons. The first-order valence-electron chi connectivity index (χ1n) is 7.88. The van der Waals surface area contributed by atoms with Gasteiger partial charge in [0.2, 0.25) is 5.91 Å². The van der Waals surface area contributed by atoms with Crippen molar-refractivity contribution >= 4 is 17.7 Å².